The van der Waals surface area contributed by atoms with Crippen LogP contribution in [0.4, 0.5) is 17.1 Å². The zero-order chi connectivity index (χ0) is 38.3. The highest BCUT2D eigenvalue weighted by molar-refractivity contribution is 6.13. The second kappa shape index (κ2) is 14.1. The van der Waals surface area contributed by atoms with Gasteiger partial charge in [0.05, 0.1) is 22.1 Å². The molecule has 5 nitrogen and oxygen atoms in total. The Morgan fingerprint density at radius 3 is 1.33 bits per heavy atom. The molecule has 0 bridgehead atoms. The number of hydrogen-bond donors (Lipinski definition) is 2. The van der Waals surface area contributed by atoms with Crippen LogP contribution in [0.1, 0.15) is 5.56 Å². The Bertz CT molecular complexity index is 3090. The smallest absolute Gasteiger partial charge is 0.204 e. The first-order valence-corrected chi connectivity index (χ1v) is 19.2. The van der Waals surface area contributed by atoms with Crippen LogP contribution < -0.4 is 15.7 Å². The van der Waals surface area contributed by atoms with E-state index in [1.54, 1.807) is 6.08 Å². The minimum Gasteiger partial charge on any atom is -0.311 e. The van der Waals surface area contributed by atoms with Gasteiger partial charge in [-0.3, -0.25) is 10.8 Å². The molecule has 270 valence electrons. The van der Waals surface area contributed by atoms with Crippen LogP contribution in [-0.4, -0.2) is 21.1 Å². The Kier molecular flexibility index (Phi) is 8.38. The van der Waals surface area contributed by atoms with Crippen molar-refractivity contribution in [2.75, 3.05) is 4.90 Å². The SMILES string of the molecule is [NH2+]=C/C=C\C(=[NH2+])c1ccc(-n2c3ccccc3c3cc(-c4ccc5c(c4)c4ccccc4n5-c4ccc(N(c5ccccc5)c5ccccc5)cc4)ccc32)cc1. The molecule has 0 saturated carbocycles. The predicted octanol–water partition coefficient (Wildman–Crippen LogP) is 9.95. The molecule has 10 aromatic rings. The third kappa shape index (κ3) is 5.90. The molecule has 0 atom stereocenters. The van der Waals surface area contributed by atoms with Gasteiger partial charge in [-0.2, -0.15) is 0 Å². The van der Waals surface area contributed by atoms with E-state index in [1.165, 1.54) is 49.9 Å². The van der Waals surface area contributed by atoms with Crippen molar-refractivity contribution in [2.24, 2.45) is 0 Å². The number of anilines is 3. The van der Waals surface area contributed by atoms with Crippen molar-refractivity contribution >= 4 is 72.6 Å². The van der Waals surface area contributed by atoms with Gasteiger partial charge in [-0.15, -0.1) is 0 Å². The van der Waals surface area contributed by atoms with Gasteiger partial charge in [0.2, 0.25) is 5.71 Å². The summed E-state index contributed by atoms with van der Waals surface area (Å²) in [6.45, 7) is 0. The second-order valence-corrected chi connectivity index (χ2v) is 14.2. The van der Waals surface area contributed by atoms with Gasteiger partial charge in [0.15, 0.2) is 6.21 Å². The zero-order valence-electron chi connectivity index (χ0n) is 31.2. The number of benzene rings is 8. The first kappa shape index (κ1) is 33.8. The van der Waals surface area contributed by atoms with E-state index in [-0.39, 0.29) is 0 Å². The van der Waals surface area contributed by atoms with Crippen molar-refractivity contribution in [1.82, 2.24) is 9.13 Å². The summed E-state index contributed by atoms with van der Waals surface area (Å²) in [5.74, 6) is 0. The summed E-state index contributed by atoms with van der Waals surface area (Å²) >= 11 is 0. The summed E-state index contributed by atoms with van der Waals surface area (Å²) < 4.78 is 4.72. The van der Waals surface area contributed by atoms with Crippen LogP contribution in [0.25, 0.3) is 66.1 Å². The number of allylic oxidation sites excluding steroid dienone is 2. The zero-order valence-corrected chi connectivity index (χ0v) is 31.2. The number of hydrogen-bond acceptors (Lipinski definition) is 1. The van der Waals surface area contributed by atoms with Gasteiger partial charge in [0.1, 0.15) is 0 Å². The van der Waals surface area contributed by atoms with E-state index in [4.69, 9.17) is 10.8 Å². The van der Waals surface area contributed by atoms with Crippen LogP contribution in [0.3, 0.4) is 0 Å². The van der Waals surface area contributed by atoms with Gasteiger partial charge in [-0.05, 0) is 120 Å². The average molecular weight is 734 g/mol. The fraction of sp³-hybridized carbons (Fsp3) is 0. The minimum atomic E-state index is 0.669. The van der Waals surface area contributed by atoms with Gasteiger partial charge in [-0.1, -0.05) is 84.9 Å². The molecule has 8 aromatic carbocycles. The van der Waals surface area contributed by atoms with Crippen molar-refractivity contribution in [1.29, 1.82) is 0 Å². The molecule has 5 heteroatoms. The largest absolute Gasteiger partial charge is 0.311 e. The molecule has 2 heterocycles. The minimum absolute atomic E-state index is 0.669. The van der Waals surface area contributed by atoms with Gasteiger partial charge in [0.25, 0.3) is 0 Å². The third-order valence-electron chi connectivity index (χ3n) is 10.9. The summed E-state index contributed by atoms with van der Waals surface area (Å²) in [6, 6.07) is 69.4. The predicted molar refractivity (Wildman–Crippen MR) is 238 cm³/mol. The van der Waals surface area contributed by atoms with Crippen molar-refractivity contribution in [3.63, 3.8) is 0 Å². The van der Waals surface area contributed by atoms with Crippen LogP contribution in [-0.2, 0) is 0 Å². The summed E-state index contributed by atoms with van der Waals surface area (Å²) in [6.07, 6.45) is 5.04. The molecule has 10 rings (SSSR count). The highest BCUT2D eigenvalue weighted by Crippen LogP contribution is 2.39. The lowest BCUT2D eigenvalue weighted by Gasteiger charge is -2.25. The quantitative estimate of drug-likeness (QED) is 0.143. The Labute approximate surface area is 330 Å². The highest BCUT2D eigenvalue weighted by atomic mass is 15.1. The molecule has 0 aliphatic heterocycles. The first-order chi connectivity index (χ1) is 28.2. The normalized spacial score (nSPS) is 11.6. The Balaban J connectivity index is 1.05. The number of rotatable bonds is 9. The van der Waals surface area contributed by atoms with Crippen molar-refractivity contribution < 1.29 is 10.8 Å². The summed E-state index contributed by atoms with van der Waals surface area (Å²) in [5, 5.41) is 16.7. The molecule has 0 radical (unpaired) electrons. The summed E-state index contributed by atoms with van der Waals surface area (Å²) in [4.78, 5) is 2.30. The molecule has 0 unspecified atom stereocenters. The highest BCUT2D eigenvalue weighted by Gasteiger charge is 2.18. The van der Waals surface area contributed by atoms with Crippen molar-refractivity contribution in [3.05, 3.63) is 212 Å². The van der Waals surface area contributed by atoms with E-state index in [2.05, 4.69) is 208 Å². The maximum Gasteiger partial charge on any atom is 0.204 e. The van der Waals surface area contributed by atoms with Crippen molar-refractivity contribution in [2.45, 2.75) is 0 Å². The molecule has 0 aliphatic rings. The topological polar surface area (TPSA) is 64.3 Å². The molecular weight excluding hydrogens is 695 g/mol. The summed E-state index contributed by atoms with van der Waals surface area (Å²) in [7, 11) is 0. The fourth-order valence-corrected chi connectivity index (χ4v) is 8.27. The maximum absolute atomic E-state index is 6.30. The Morgan fingerprint density at radius 2 is 0.842 bits per heavy atom. The van der Waals surface area contributed by atoms with Gasteiger partial charge < -0.3 is 14.0 Å². The molecule has 4 N–H and O–H groups in total. The van der Waals surface area contributed by atoms with Crippen LogP contribution in [0.5, 0.6) is 0 Å². The molecule has 0 amide bonds. The third-order valence-corrected chi connectivity index (χ3v) is 10.9. The fourth-order valence-electron chi connectivity index (χ4n) is 8.27. The standard InChI is InChI=1S/C52H37N5/c53-33-11-18-48(54)36-21-25-42(26-22-36)56-49-19-9-7-16-44(49)46-34-37(23-31-51(46)56)38-24-32-52-47(35-38)45-17-8-10-20-50(45)57(52)43-29-27-41(28-30-43)55(39-12-3-1-4-13-39)40-14-5-2-6-15-40/h1-35,53-54H/p+2/b18-11-,53-33?,54-48?. The number of para-hydroxylation sites is 4. The van der Waals surface area contributed by atoms with E-state index >= 15 is 0 Å². The van der Waals surface area contributed by atoms with E-state index in [0.29, 0.717) is 5.71 Å². The Hall–Kier alpha value is -7.76. The van der Waals surface area contributed by atoms with Gasteiger partial charge in [0, 0.05) is 67.7 Å². The maximum atomic E-state index is 6.30. The van der Waals surface area contributed by atoms with Crippen LogP contribution in [0.2, 0.25) is 0 Å². The van der Waals surface area contributed by atoms with Crippen LogP contribution >= 0.6 is 0 Å². The molecule has 0 aliphatic carbocycles. The molecule has 2 aromatic heterocycles. The number of fused-ring (bicyclic) bond motifs is 6. The Morgan fingerprint density at radius 1 is 0.421 bits per heavy atom. The average Bonchev–Trinajstić information content (AvgIpc) is 3.79. The first-order valence-electron chi connectivity index (χ1n) is 19.2. The molecule has 0 fully saturated rings. The number of nitrogens with two attached hydrogens (primary N) is 2. The van der Waals surface area contributed by atoms with Crippen molar-refractivity contribution in [3.8, 4) is 22.5 Å². The molecule has 0 saturated heterocycles. The van der Waals surface area contributed by atoms with E-state index in [9.17, 15) is 0 Å². The van der Waals surface area contributed by atoms with Gasteiger partial charge in [-0.25, -0.2) is 0 Å². The molecule has 57 heavy (non-hydrogen) atoms. The van der Waals surface area contributed by atoms with Crippen LogP contribution in [0.15, 0.2) is 206 Å². The monoisotopic (exact) mass is 733 g/mol. The lowest BCUT2D eigenvalue weighted by Crippen LogP contribution is -2.39. The van der Waals surface area contributed by atoms with Gasteiger partial charge >= 0.3 is 0 Å². The van der Waals surface area contributed by atoms with E-state index < -0.39 is 0 Å². The number of aromatic nitrogens is 2. The summed E-state index contributed by atoms with van der Waals surface area (Å²) in [5.41, 5.74) is 14.2. The lowest BCUT2D eigenvalue weighted by atomic mass is 10.0. The van der Waals surface area contributed by atoms with Crippen LogP contribution in [0, 0.1) is 0 Å². The second-order valence-electron chi connectivity index (χ2n) is 14.2. The molecular formula is C52H39N5+2. The van der Waals surface area contributed by atoms with E-state index in [1.807, 2.05) is 6.08 Å². The molecule has 0 spiro atoms. The lowest BCUT2D eigenvalue weighted by molar-refractivity contribution is -0.111. The number of nitrogens with zero attached hydrogens (tertiary/aromatic N) is 3. The van der Waals surface area contributed by atoms with E-state index in [0.717, 1.165) is 45.0 Å².